The van der Waals surface area contributed by atoms with Gasteiger partial charge in [-0.05, 0) is 34.1 Å². The number of hydrogen-bond donors (Lipinski definition) is 0. The third-order valence-electron chi connectivity index (χ3n) is 0.271. The van der Waals surface area contributed by atoms with Crippen molar-refractivity contribution in [1.29, 1.82) is 0 Å². The van der Waals surface area contributed by atoms with E-state index in [-0.39, 0.29) is 0 Å². The van der Waals surface area contributed by atoms with E-state index in [1.165, 1.54) is 6.08 Å². The van der Waals surface area contributed by atoms with Crippen molar-refractivity contribution < 1.29 is 4.79 Å². The van der Waals surface area contributed by atoms with Crippen molar-refractivity contribution in [2.75, 3.05) is 21.1 Å². The van der Waals surface area contributed by atoms with Crippen LogP contribution in [0.3, 0.4) is 0 Å². The van der Waals surface area contributed by atoms with Crippen LogP contribution >= 0.6 is 0 Å². The summed E-state index contributed by atoms with van der Waals surface area (Å²) in [6.45, 7) is 1.80. The summed E-state index contributed by atoms with van der Waals surface area (Å²) in [4.78, 5) is 11.3. The monoisotopic (exact) mass is 129 g/mol. The Labute approximate surface area is 57.2 Å². The van der Waals surface area contributed by atoms with Gasteiger partial charge in [-0.15, -0.1) is 0 Å². The topological polar surface area (TPSA) is 20.3 Å². The van der Waals surface area contributed by atoms with Crippen LogP contribution < -0.4 is 0 Å². The molecular weight excluding hydrogens is 114 g/mol. The summed E-state index contributed by atoms with van der Waals surface area (Å²) in [5.41, 5.74) is 0. The summed E-state index contributed by atoms with van der Waals surface area (Å²) in [5, 5.41) is 0. The van der Waals surface area contributed by atoms with Gasteiger partial charge >= 0.3 is 0 Å². The molecule has 0 bridgehead atoms. The minimum Gasteiger partial charge on any atom is -0.312 e. The largest absolute Gasteiger partial charge is 0.312 e. The average molecular weight is 129 g/mol. The van der Waals surface area contributed by atoms with Gasteiger partial charge in [-0.3, -0.25) is 4.79 Å². The first-order chi connectivity index (χ1) is 4.15. The van der Waals surface area contributed by atoms with Gasteiger partial charge in [-0.1, -0.05) is 6.08 Å². The minimum atomic E-state index is 0.750. The molecule has 0 radical (unpaired) electrons. The lowest BCUT2D eigenvalue weighted by molar-refractivity contribution is -0.104. The number of hydrogen-bond acceptors (Lipinski definition) is 2. The molecule has 0 aromatic carbocycles. The molecule has 0 unspecified atom stereocenters. The van der Waals surface area contributed by atoms with Gasteiger partial charge in [0.15, 0.2) is 0 Å². The zero-order chi connectivity index (χ0) is 7.70. The highest BCUT2D eigenvalue weighted by molar-refractivity contribution is 5.64. The van der Waals surface area contributed by atoms with E-state index in [1.54, 1.807) is 13.0 Å². The molecule has 2 heteroatoms. The van der Waals surface area contributed by atoms with Crippen LogP contribution in [0.25, 0.3) is 0 Å². The number of aldehydes is 1. The molecule has 0 aliphatic carbocycles. The predicted octanol–water partition coefficient (Wildman–Crippen LogP) is 0.939. The van der Waals surface area contributed by atoms with Gasteiger partial charge in [-0.25, -0.2) is 0 Å². The fraction of sp³-hybridized carbons (Fsp3) is 0.571. The number of carbonyl (C=O) groups is 1. The highest BCUT2D eigenvalue weighted by Crippen LogP contribution is 1.55. The first-order valence-corrected chi connectivity index (χ1v) is 2.82. The van der Waals surface area contributed by atoms with Crippen molar-refractivity contribution in [3.8, 4) is 0 Å². The van der Waals surface area contributed by atoms with Crippen LogP contribution in [-0.2, 0) is 4.79 Å². The first-order valence-electron chi connectivity index (χ1n) is 2.82. The van der Waals surface area contributed by atoms with Gasteiger partial charge in [0.05, 0.1) is 0 Å². The Kier molecular flexibility index (Phi) is 12.9. The van der Waals surface area contributed by atoms with Gasteiger partial charge in [0.2, 0.25) is 0 Å². The standard InChI is InChI=1S/C4H6O.C3H9N/c1-2-3-4-5;1-4(2)3/h2-4H,1H3;1-3H3/b3-2-;. The van der Waals surface area contributed by atoms with Crippen molar-refractivity contribution in [2.45, 2.75) is 6.92 Å². The third kappa shape index (κ3) is 113. The second-order valence-electron chi connectivity index (χ2n) is 2.00. The van der Waals surface area contributed by atoms with Crippen molar-refractivity contribution in [3.05, 3.63) is 12.2 Å². The highest BCUT2D eigenvalue weighted by atomic mass is 16.1. The molecule has 0 fully saturated rings. The molecule has 0 aliphatic heterocycles. The number of allylic oxidation sites excluding steroid dienone is 2. The van der Waals surface area contributed by atoms with E-state index in [2.05, 4.69) is 0 Å². The summed E-state index contributed by atoms with van der Waals surface area (Å²) < 4.78 is 0. The summed E-state index contributed by atoms with van der Waals surface area (Å²) >= 11 is 0. The summed E-state index contributed by atoms with van der Waals surface area (Å²) in [5.74, 6) is 0. The molecule has 0 N–H and O–H groups in total. The smallest absolute Gasteiger partial charge is 0.142 e. The predicted molar refractivity (Wildman–Crippen MR) is 40.5 cm³/mol. The Morgan fingerprint density at radius 3 is 1.56 bits per heavy atom. The van der Waals surface area contributed by atoms with Gasteiger partial charge < -0.3 is 4.90 Å². The molecule has 0 aromatic heterocycles. The van der Waals surface area contributed by atoms with Crippen LogP contribution in [0.15, 0.2) is 12.2 Å². The highest BCUT2D eigenvalue weighted by Gasteiger charge is 1.58. The maximum atomic E-state index is 9.32. The molecule has 0 aliphatic rings. The lowest BCUT2D eigenvalue weighted by Gasteiger charge is -1.90. The minimum absolute atomic E-state index is 0.750. The first kappa shape index (κ1) is 11.2. The van der Waals surface area contributed by atoms with Crippen LogP contribution in [0.2, 0.25) is 0 Å². The van der Waals surface area contributed by atoms with Crippen molar-refractivity contribution >= 4 is 6.29 Å². The Morgan fingerprint density at radius 1 is 1.22 bits per heavy atom. The quantitative estimate of drug-likeness (QED) is 0.388. The van der Waals surface area contributed by atoms with Crippen LogP contribution in [0, 0.1) is 0 Å². The maximum Gasteiger partial charge on any atom is 0.142 e. The lowest BCUT2D eigenvalue weighted by Crippen LogP contribution is -1.99. The second-order valence-corrected chi connectivity index (χ2v) is 2.00. The number of nitrogens with zero attached hydrogens (tertiary/aromatic N) is 1. The van der Waals surface area contributed by atoms with Crippen molar-refractivity contribution in [2.24, 2.45) is 0 Å². The molecular formula is C7H15NO. The molecule has 0 saturated carbocycles. The third-order valence-corrected chi connectivity index (χ3v) is 0.271. The SMILES string of the molecule is C/C=C\C=O.CN(C)C. The van der Waals surface area contributed by atoms with Gasteiger partial charge in [-0.2, -0.15) is 0 Å². The molecule has 0 rings (SSSR count). The van der Waals surface area contributed by atoms with Crippen LogP contribution in [0.4, 0.5) is 0 Å². The molecule has 2 nitrogen and oxygen atoms in total. The number of rotatable bonds is 1. The van der Waals surface area contributed by atoms with E-state index < -0.39 is 0 Å². The molecule has 0 heterocycles. The number of carbonyl (C=O) groups excluding carboxylic acids is 1. The van der Waals surface area contributed by atoms with E-state index in [0.717, 1.165) is 6.29 Å². The zero-order valence-corrected chi connectivity index (χ0v) is 6.59. The Balaban J connectivity index is 0. The Bertz CT molecular complexity index is 74.2. The Hall–Kier alpha value is -0.630. The van der Waals surface area contributed by atoms with E-state index in [1.807, 2.05) is 26.0 Å². The molecule has 0 spiro atoms. The van der Waals surface area contributed by atoms with Gasteiger partial charge in [0, 0.05) is 0 Å². The van der Waals surface area contributed by atoms with Gasteiger partial charge in [0.1, 0.15) is 6.29 Å². The summed E-state index contributed by atoms with van der Waals surface area (Å²) in [6, 6.07) is 0. The molecule has 9 heavy (non-hydrogen) atoms. The zero-order valence-electron chi connectivity index (χ0n) is 6.59. The molecule has 0 aromatic rings. The van der Waals surface area contributed by atoms with E-state index in [9.17, 15) is 4.79 Å². The fourth-order valence-corrected chi connectivity index (χ4v) is 0.0786. The fourth-order valence-electron chi connectivity index (χ4n) is 0.0786. The molecule has 0 amide bonds. The average Bonchev–Trinajstić information content (AvgIpc) is 1.66. The lowest BCUT2D eigenvalue weighted by atomic mass is 10.6. The Morgan fingerprint density at radius 2 is 1.56 bits per heavy atom. The van der Waals surface area contributed by atoms with Crippen molar-refractivity contribution in [3.63, 3.8) is 0 Å². The maximum absolute atomic E-state index is 9.32. The normalized spacial score (nSPS) is 9.00. The van der Waals surface area contributed by atoms with Gasteiger partial charge in [0.25, 0.3) is 0 Å². The van der Waals surface area contributed by atoms with Crippen LogP contribution in [-0.4, -0.2) is 32.3 Å². The molecule has 0 atom stereocenters. The van der Waals surface area contributed by atoms with E-state index >= 15 is 0 Å². The van der Waals surface area contributed by atoms with Crippen molar-refractivity contribution in [1.82, 2.24) is 4.90 Å². The van der Waals surface area contributed by atoms with E-state index in [4.69, 9.17) is 0 Å². The second kappa shape index (κ2) is 10.4. The van der Waals surface area contributed by atoms with E-state index in [0.29, 0.717) is 0 Å². The molecule has 54 valence electrons. The summed E-state index contributed by atoms with van der Waals surface area (Å²) in [6.07, 6.45) is 3.88. The van der Waals surface area contributed by atoms with Crippen LogP contribution in [0.1, 0.15) is 6.92 Å². The molecule has 0 saturated heterocycles. The summed E-state index contributed by atoms with van der Waals surface area (Å²) in [7, 11) is 6.00. The van der Waals surface area contributed by atoms with Crippen LogP contribution in [0.5, 0.6) is 0 Å².